The largest absolute Gasteiger partial charge is 0.490 e. The summed E-state index contributed by atoms with van der Waals surface area (Å²) in [5.74, 6) is -0.600. The van der Waals surface area contributed by atoms with Crippen LogP contribution in [0.4, 0.5) is 5.69 Å². The first-order valence-corrected chi connectivity index (χ1v) is 11.1. The van der Waals surface area contributed by atoms with Crippen LogP contribution in [0.5, 0.6) is 11.5 Å². The summed E-state index contributed by atoms with van der Waals surface area (Å²) in [5, 5.41) is 6.88. The standard InChI is InChI=1S/C26H26ClN3O4/c1-4-33-24-14-19(11-12-23(24)34-16-20-8-5-7-17(2)13-20)15-28-30-26(32)25(31)29-22-10-6-9-21(27)18(22)3/h5-15H,4,16H2,1-3H3,(H,29,31)(H,30,32). The van der Waals surface area contributed by atoms with Crippen molar-refractivity contribution in [2.45, 2.75) is 27.4 Å². The smallest absolute Gasteiger partial charge is 0.329 e. The maximum Gasteiger partial charge on any atom is 0.329 e. The number of anilines is 1. The third kappa shape index (κ3) is 6.83. The van der Waals surface area contributed by atoms with E-state index in [-0.39, 0.29) is 0 Å². The lowest BCUT2D eigenvalue weighted by Crippen LogP contribution is -2.32. The first-order chi connectivity index (χ1) is 16.4. The van der Waals surface area contributed by atoms with Crippen LogP contribution < -0.4 is 20.2 Å². The molecule has 0 saturated heterocycles. The number of benzene rings is 3. The van der Waals surface area contributed by atoms with Crippen LogP contribution in [0.25, 0.3) is 0 Å². The van der Waals surface area contributed by atoms with Crippen LogP contribution in [0.2, 0.25) is 5.02 Å². The molecule has 0 aliphatic rings. The Labute approximate surface area is 203 Å². The molecule has 7 nitrogen and oxygen atoms in total. The van der Waals surface area contributed by atoms with Crippen molar-refractivity contribution in [3.63, 3.8) is 0 Å². The summed E-state index contributed by atoms with van der Waals surface area (Å²) in [5.41, 5.74) is 6.23. The highest BCUT2D eigenvalue weighted by Gasteiger charge is 2.14. The summed E-state index contributed by atoms with van der Waals surface area (Å²) in [7, 11) is 0. The number of aryl methyl sites for hydroxylation is 1. The molecule has 2 N–H and O–H groups in total. The van der Waals surface area contributed by atoms with E-state index >= 15 is 0 Å². The van der Waals surface area contributed by atoms with E-state index in [0.29, 0.717) is 46.5 Å². The molecule has 0 aliphatic heterocycles. The average molecular weight is 480 g/mol. The quantitative estimate of drug-likeness (QED) is 0.269. The van der Waals surface area contributed by atoms with Gasteiger partial charge in [-0.05, 0) is 67.8 Å². The fraction of sp³-hybridized carbons (Fsp3) is 0.192. The van der Waals surface area contributed by atoms with Gasteiger partial charge in [0.1, 0.15) is 6.61 Å². The fourth-order valence-corrected chi connectivity index (χ4v) is 3.27. The second-order valence-electron chi connectivity index (χ2n) is 7.48. The molecule has 34 heavy (non-hydrogen) atoms. The third-order valence-electron chi connectivity index (χ3n) is 4.85. The van der Waals surface area contributed by atoms with Crippen LogP contribution in [-0.4, -0.2) is 24.6 Å². The number of ether oxygens (including phenoxy) is 2. The van der Waals surface area contributed by atoms with Crippen molar-refractivity contribution in [3.05, 3.63) is 87.9 Å². The minimum Gasteiger partial charge on any atom is -0.490 e. The third-order valence-corrected chi connectivity index (χ3v) is 5.26. The highest BCUT2D eigenvalue weighted by atomic mass is 35.5. The van der Waals surface area contributed by atoms with E-state index in [1.807, 2.05) is 32.0 Å². The van der Waals surface area contributed by atoms with Gasteiger partial charge in [-0.3, -0.25) is 9.59 Å². The van der Waals surface area contributed by atoms with Gasteiger partial charge in [0.25, 0.3) is 0 Å². The molecule has 8 heteroatoms. The molecule has 3 aromatic rings. The molecule has 0 spiro atoms. The van der Waals surface area contributed by atoms with Crippen LogP contribution in [0, 0.1) is 13.8 Å². The summed E-state index contributed by atoms with van der Waals surface area (Å²) in [6.07, 6.45) is 1.42. The van der Waals surface area contributed by atoms with Crippen molar-refractivity contribution < 1.29 is 19.1 Å². The second-order valence-corrected chi connectivity index (χ2v) is 7.89. The summed E-state index contributed by atoms with van der Waals surface area (Å²) in [4.78, 5) is 24.2. The molecule has 0 saturated carbocycles. The molecular weight excluding hydrogens is 454 g/mol. The Morgan fingerprint density at radius 3 is 2.53 bits per heavy atom. The monoisotopic (exact) mass is 479 g/mol. The van der Waals surface area contributed by atoms with E-state index in [1.54, 1.807) is 43.3 Å². The number of hydrazone groups is 1. The molecule has 0 aromatic heterocycles. The Hall–Kier alpha value is -3.84. The Bertz CT molecular complexity index is 1210. The second kappa shape index (κ2) is 11.9. The highest BCUT2D eigenvalue weighted by Crippen LogP contribution is 2.29. The molecule has 3 rings (SSSR count). The first-order valence-electron chi connectivity index (χ1n) is 10.7. The molecule has 3 aromatic carbocycles. The Morgan fingerprint density at radius 2 is 1.76 bits per heavy atom. The minimum atomic E-state index is -0.904. The van der Waals surface area contributed by atoms with Gasteiger partial charge in [-0.2, -0.15) is 5.10 Å². The molecule has 0 bridgehead atoms. The Morgan fingerprint density at radius 1 is 0.971 bits per heavy atom. The molecule has 0 radical (unpaired) electrons. The minimum absolute atomic E-state index is 0.409. The van der Waals surface area contributed by atoms with E-state index in [2.05, 4.69) is 21.9 Å². The zero-order valence-electron chi connectivity index (χ0n) is 19.2. The number of hydrogen-bond donors (Lipinski definition) is 2. The van der Waals surface area contributed by atoms with Crippen molar-refractivity contribution in [3.8, 4) is 11.5 Å². The molecular formula is C26H26ClN3O4. The van der Waals surface area contributed by atoms with Crippen LogP contribution in [0.3, 0.4) is 0 Å². The highest BCUT2D eigenvalue weighted by molar-refractivity contribution is 6.40. The predicted octanol–water partition coefficient (Wildman–Crippen LogP) is 5.02. The van der Waals surface area contributed by atoms with Gasteiger partial charge in [0.2, 0.25) is 0 Å². The SMILES string of the molecule is CCOc1cc(C=NNC(=O)C(=O)Nc2cccc(Cl)c2C)ccc1OCc1cccc(C)c1. The van der Waals surface area contributed by atoms with Crippen molar-refractivity contribution in [2.24, 2.45) is 5.10 Å². The molecule has 0 aliphatic carbocycles. The van der Waals surface area contributed by atoms with Gasteiger partial charge in [0.05, 0.1) is 12.8 Å². The summed E-state index contributed by atoms with van der Waals surface area (Å²) >= 11 is 6.04. The molecule has 2 amide bonds. The van der Waals surface area contributed by atoms with E-state index in [0.717, 1.165) is 11.1 Å². The van der Waals surface area contributed by atoms with E-state index in [1.165, 1.54) is 6.21 Å². The van der Waals surface area contributed by atoms with Gasteiger partial charge >= 0.3 is 11.8 Å². The van der Waals surface area contributed by atoms with Gasteiger partial charge in [-0.15, -0.1) is 0 Å². The molecule has 176 valence electrons. The topological polar surface area (TPSA) is 89.0 Å². The number of hydrogen-bond acceptors (Lipinski definition) is 5. The van der Waals surface area contributed by atoms with Crippen LogP contribution in [0.15, 0.2) is 65.8 Å². The van der Waals surface area contributed by atoms with Gasteiger partial charge in [0.15, 0.2) is 11.5 Å². The van der Waals surface area contributed by atoms with Gasteiger partial charge < -0.3 is 14.8 Å². The summed E-state index contributed by atoms with van der Waals surface area (Å²) in [6, 6.07) is 18.4. The normalized spacial score (nSPS) is 10.7. The fourth-order valence-electron chi connectivity index (χ4n) is 3.09. The zero-order valence-corrected chi connectivity index (χ0v) is 20.0. The summed E-state index contributed by atoms with van der Waals surface area (Å²) in [6.45, 7) is 6.53. The first kappa shape index (κ1) is 24.8. The maximum absolute atomic E-state index is 12.1. The van der Waals surface area contributed by atoms with E-state index < -0.39 is 11.8 Å². The Balaban J connectivity index is 1.61. The number of rotatable bonds is 8. The van der Waals surface area contributed by atoms with Crippen LogP contribution in [0.1, 0.15) is 29.2 Å². The molecule has 0 atom stereocenters. The zero-order chi connectivity index (χ0) is 24.5. The van der Waals surface area contributed by atoms with Gasteiger partial charge in [-0.1, -0.05) is 47.5 Å². The van der Waals surface area contributed by atoms with Crippen molar-refractivity contribution >= 4 is 35.3 Å². The number of carbonyl (C=O) groups is 2. The van der Waals surface area contributed by atoms with Crippen LogP contribution in [-0.2, 0) is 16.2 Å². The lowest BCUT2D eigenvalue weighted by molar-refractivity contribution is -0.136. The van der Waals surface area contributed by atoms with Gasteiger partial charge in [0, 0.05) is 10.7 Å². The molecule has 0 fully saturated rings. The Kier molecular flexibility index (Phi) is 8.65. The lowest BCUT2D eigenvalue weighted by atomic mass is 10.1. The van der Waals surface area contributed by atoms with E-state index in [9.17, 15) is 9.59 Å². The molecule has 0 heterocycles. The maximum atomic E-state index is 12.1. The van der Waals surface area contributed by atoms with Gasteiger partial charge in [-0.25, -0.2) is 5.43 Å². The number of nitrogens with one attached hydrogen (secondary N) is 2. The average Bonchev–Trinajstić information content (AvgIpc) is 2.81. The van der Waals surface area contributed by atoms with Crippen molar-refractivity contribution in [1.82, 2.24) is 5.43 Å². The van der Waals surface area contributed by atoms with Crippen molar-refractivity contribution in [2.75, 3.05) is 11.9 Å². The van der Waals surface area contributed by atoms with Crippen molar-refractivity contribution in [1.29, 1.82) is 0 Å². The van der Waals surface area contributed by atoms with Crippen LogP contribution >= 0.6 is 11.6 Å². The predicted molar refractivity (Wildman–Crippen MR) is 134 cm³/mol. The summed E-state index contributed by atoms with van der Waals surface area (Å²) < 4.78 is 11.6. The number of amides is 2. The number of nitrogens with zero attached hydrogens (tertiary/aromatic N) is 1. The van der Waals surface area contributed by atoms with E-state index in [4.69, 9.17) is 21.1 Å². The lowest BCUT2D eigenvalue weighted by Gasteiger charge is -2.13. The molecule has 0 unspecified atom stereocenters. The number of halogens is 1. The number of carbonyl (C=O) groups excluding carboxylic acids is 2.